The molecule has 0 saturated carbocycles. The van der Waals surface area contributed by atoms with Crippen LogP contribution in [0.3, 0.4) is 0 Å². The molecule has 0 aromatic heterocycles. The van der Waals surface area contributed by atoms with Gasteiger partial charge in [0.25, 0.3) is 0 Å². The van der Waals surface area contributed by atoms with Crippen LogP contribution in [0.25, 0.3) is 0 Å². The van der Waals surface area contributed by atoms with Crippen LogP contribution in [0.4, 0.5) is 0 Å². The van der Waals surface area contributed by atoms with E-state index in [-0.39, 0.29) is 0 Å². The van der Waals surface area contributed by atoms with Gasteiger partial charge in [0, 0.05) is 12.8 Å². The van der Waals surface area contributed by atoms with Crippen LogP contribution in [0.5, 0.6) is 0 Å². The first kappa shape index (κ1) is 9.23. The molecule has 56 valence electrons. The molecule has 0 heterocycles. The minimum atomic E-state index is 0.498. The number of hydrogen-bond acceptors (Lipinski definition) is 1. The molecular weight excluding hydrogens is 124 g/mol. The Labute approximate surface area is 62.8 Å². The summed E-state index contributed by atoms with van der Waals surface area (Å²) in [4.78, 5) is 10.0. The molecule has 1 unspecified atom stereocenters. The normalized spacial score (nSPS) is 11.4. The quantitative estimate of drug-likeness (QED) is 0.429. The molecule has 0 aliphatic carbocycles. The summed E-state index contributed by atoms with van der Waals surface area (Å²) in [6.07, 6.45) is 3.61. The van der Waals surface area contributed by atoms with Crippen molar-refractivity contribution < 1.29 is 4.79 Å². The fourth-order valence-corrected chi connectivity index (χ4v) is 0.726. The molecular formula is C9H14O. The van der Waals surface area contributed by atoms with Gasteiger partial charge in [-0.25, -0.2) is 0 Å². The molecule has 0 spiro atoms. The molecule has 0 radical (unpaired) electrons. The first-order chi connectivity index (χ1) is 4.81. The first-order valence-corrected chi connectivity index (χ1v) is 3.64. The molecule has 0 saturated heterocycles. The molecule has 0 rings (SSSR count). The molecule has 1 nitrogen and oxygen atoms in total. The van der Waals surface area contributed by atoms with Crippen molar-refractivity contribution in [2.24, 2.45) is 5.92 Å². The zero-order chi connectivity index (χ0) is 7.82. The summed E-state index contributed by atoms with van der Waals surface area (Å²) in [6.45, 7) is 3.91. The third-order valence-electron chi connectivity index (χ3n) is 1.44. The van der Waals surface area contributed by atoms with E-state index in [1.807, 2.05) is 6.92 Å². The maximum Gasteiger partial charge on any atom is 0.120 e. The highest BCUT2D eigenvalue weighted by atomic mass is 16.1. The van der Waals surface area contributed by atoms with Crippen LogP contribution in [0.1, 0.15) is 33.1 Å². The topological polar surface area (TPSA) is 17.1 Å². The summed E-state index contributed by atoms with van der Waals surface area (Å²) in [5.74, 6) is 6.30. The van der Waals surface area contributed by atoms with Crippen molar-refractivity contribution >= 4 is 6.29 Å². The predicted octanol–water partition coefficient (Wildman–Crippen LogP) is 2.02. The van der Waals surface area contributed by atoms with E-state index in [9.17, 15) is 4.79 Å². The highest BCUT2D eigenvalue weighted by Gasteiger charge is 1.97. The molecule has 0 aliphatic heterocycles. The molecule has 0 amide bonds. The molecule has 10 heavy (non-hydrogen) atoms. The number of carbonyl (C=O) groups excluding carboxylic acids is 1. The van der Waals surface area contributed by atoms with Crippen molar-refractivity contribution in [1.29, 1.82) is 0 Å². The van der Waals surface area contributed by atoms with Gasteiger partial charge in [0.05, 0.1) is 0 Å². The Morgan fingerprint density at radius 3 is 2.80 bits per heavy atom. The van der Waals surface area contributed by atoms with Gasteiger partial charge in [0.15, 0.2) is 0 Å². The van der Waals surface area contributed by atoms with Crippen LogP contribution in [0.2, 0.25) is 0 Å². The van der Waals surface area contributed by atoms with Gasteiger partial charge in [-0.2, -0.15) is 0 Å². The molecule has 0 aromatic carbocycles. The third kappa shape index (κ3) is 5.37. The van der Waals surface area contributed by atoms with Crippen LogP contribution in [0.15, 0.2) is 0 Å². The Bertz CT molecular complexity index is 139. The zero-order valence-electron chi connectivity index (χ0n) is 6.68. The predicted molar refractivity (Wildman–Crippen MR) is 42.5 cm³/mol. The summed E-state index contributed by atoms with van der Waals surface area (Å²) in [5, 5.41) is 0. The van der Waals surface area contributed by atoms with Crippen LogP contribution in [-0.2, 0) is 4.79 Å². The number of hydrogen-bond donors (Lipinski definition) is 0. The van der Waals surface area contributed by atoms with Crippen LogP contribution < -0.4 is 0 Å². The van der Waals surface area contributed by atoms with E-state index in [2.05, 4.69) is 18.8 Å². The van der Waals surface area contributed by atoms with Crippen LogP contribution in [-0.4, -0.2) is 6.29 Å². The largest absolute Gasteiger partial charge is 0.303 e. The molecule has 0 aliphatic rings. The summed E-state index contributed by atoms with van der Waals surface area (Å²) < 4.78 is 0. The standard InChI is InChI=1S/C9H14O/c1-3-4-5-6-9(2)7-8-10/h8-9H,5-7H2,1-2H3. The summed E-state index contributed by atoms with van der Waals surface area (Å²) in [7, 11) is 0. The first-order valence-electron chi connectivity index (χ1n) is 3.64. The summed E-state index contributed by atoms with van der Waals surface area (Å²) in [6, 6.07) is 0. The van der Waals surface area contributed by atoms with E-state index < -0.39 is 0 Å². The summed E-state index contributed by atoms with van der Waals surface area (Å²) >= 11 is 0. The van der Waals surface area contributed by atoms with Gasteiger partial charge < -0.3 is 4.79 Å². The van der Waals surface area contributed by atoms with Crippen molar-refractivity contribution in [3.8, 4) is 11.8 Å². The molecule has 0 N–H and O–H groups in total. The van der Waals surface area contributed by atoms with Crippen molar-refractivity contribution in [1.82, 2.24) is 0 Å². The lowest BCUT2D eigenvalue weighted by molar-refractivity contribution is -0.108. The molecule has 0 fully saturated rings. The van der Waals surface area contributed by atoms with Crippen molar-refractivity contribution in [3.63, 3.8) is 0 Å². The molecule has 1 atom stereocenters. The van der Waals surface area contributed by atoms with Gasteiger partial charge in [0.2, 0.25) is 0 Å². The van der Waals surface area contributed by atoms with Gasteiger partial charge in [0.1, 0.15) is 6.29 Å². The number of aldehydes is 1. The van der Waals surface area contributed by atoms with E-state index in [0.717, 1.165) is 19.1 Å². The highest BCUT2D eigenvalue weighted by Crippen LogP contribution is 2.06. The Balaban J connectivity index is 3.26. The average Bonchev–Trinajstić information content (AvgIpc) is 1.89. The SMILES string of the molecule is CC#CCCC(C)CC=O. The third-order valence-corrected chi connectivity index (χ3v) is 1.44. The highest BCUT2D eigenvalue weighted by molar-refractivity contribution is 5.49. The molecule has 1 heteroatoms. The van der Waals surface area contributed by atoms with E-state index in [1.54, 1.807) is 0 Å². The van der Waals surface area contributed by atoms with Crippen LogP contribution >= 0.6 is 0 Å². The number of carbonyl (C=O) groups is 1. The van der Waals surface area contributed by atoms with Gasteiger partial charge in [-0.3, -0.25) is 0 Å². The fourth-order valence-electron chi connectivity index (χ4n) is 0.726. The average molecular weight is 138 g/mol. The zero-order valence-corrected chi connectivity index (χ0v) is 6.68. The second-order valence-corrected chi connectivity index (χ2v) is 2.47. The Morgan fingerprint density at radius 1 is 1.60 bits per heavy atom. The van der Waals surface area contributed by atoms with E-state index in [0.29, 0.717) is 12.3 Å². The molecule has 0 bridgehead atoms. The maximum atomic E-state index is 10.0. The second-order valence-electron chi connectivity index (χ2n) is 2.47. The lowest BCUT2D eigenvalue weighted by Crippen LogP contribution is -1.93. The van der Waals surface area contributed by atoms with E-state index in [1.165, 1.54) is 0 Å². The summed E-state index contributed by atoms with van der Waals surface area (Å²) in [5.41, 5.74) is 0. The van der Waals surface area contributed by atoms with Gasteiger partial charge >= 0.3 is 0 Å². The van der Waals surface area contributed by atoms with E-state index >= 15 is 0 Å². The second kappa shape index (κ2) is 6.35. The van der Waals surface area contributed by atoms with Crippen molar-refractivity contribution in [2.45, 2.75) is 33.1 Å². The van der Waals surface area contributed by atoms with Gasteiger partial charge in [-0.15, -0.1) is 11.8 Å². The van der Waals surface area contributed by atoms with Crippen molar-refractivity contribution in [3.05, 3.63) is 0 Å². The number of rotatable bonds is 4. The fraction of sp³-hybridized carbons (Fsp3) is 0.667. The van der Waals surface area contributed by atoms with Crippen LogP contribution in [0, 0.1) is 17.8 Å². The monoisotopic (exact) mass is 138 g/mol. The Kier molecular flexibility index (Phi) is 5.86. The van der Waals surface area contributed by atoms with Gasteiger partial charge in [-0.05, 0) is 19.3 Å². The minimum Gasteiger partial charge on any atom is -0.303 e. The lowest BCUT2D eigenvalue weighted by atomic mass is 10.0. The smallest absolute Gasteiger partial charge is 0.120 e. The lowest BCUT2D eigenvalue weighted by Gasteiger charge is -2.01. The van der Waals surface area contributed by atoms with Crippen molar-refractivity contribution in [2.75, 3.05) is 0 Å². The Morgan fingerprint density at radius 2 is 2.30 bits per heavy atom. The Hall–Kier alpha value is -0.770. The van der Waals surface area contributed by atoms with E-state index in [4.69, 9.17) is 0 Å². The minimum absolute atomic E-state index is 0.498. The maximum absolute atomic E-state index is 10.0. The van der Waals surface area contributed by atoms with Gasteiger partial charge in [-0.1, -0.05) is 6.92 Å². The molecule has 0 aromatic rings.